The van der Waals surface area contributed by atoms with E-state index in [1.807, 2.05) is 32.3 Å². The van der Waals surface area contributed by atoms with Crippen LogP contribution >= 0.6 is 0 Å². The van der Waals surface area contributed by atoms with Gasteiger partial charge in [0.1, 0.15) is 0 Å². The van der Waals surface area contributed by atoms with Gasteiger partial charge in [-0.15, -0.1) is 0 Å². The van der Waals surface area contributed by atoms with E-state index in [9.17, 15) is 4.79 Å². The van der Waals surface area contributed by atoms with Crippen LogP contribution in [0.5, 0.6) is 0 Å². The molecule has 0 fully saturated rings. The summed E-state index contributed by atoms with van der Waals surface area (Å²) in [7, 11) is 3.70. The van der Waals surface area contributed by atoms with Gasteiger partial charge in [0.25, 0.3) is 5.91 Å². The van der Waals surface area contributed by atoms with E-state index in [0.29, 0.717) is 12.1 Å². The van der Waals surface area contributed by atoms with Crippen LogP contribution in [0.3, 0.4) is 0 Å². The molecule has 94 valence electrons. The predicted molar refractivity (Wildman–Crippen MR) is 70.4 cm³/mol. The smallest absolute Gasteiger partial charge is 0.251 e. The van der Waals surface area contributed by atoms with Crippen LogP contribution in [0, 0.1) is 0 Å². The normalized spacial score (nSPS) is 10.1. The number of anilines is 1. The Morgan fingerprint density at radius 1 is 1.28 bits per heavy atom. The zero-order chi connectivity index (χ0) is 13.0. The van der Waals surface area contributed by atoms with Crippen LogP contribution < -0.4 is 10.6 Å². The van der Waals surface area contributed by atoms with Crippen molar-refractivity contribution in [2.75, 3.05) is 12.4 Å². The molecule has 0 atom stereocenters. The molecule has 0 bridgehead atoms. The van der Waals surface area contributed by atoms with Crippen LogP contribution in [-0.4, -0.2) is 22.7 Å². The lowest BCUT2D eigenvalue weighted by molar-refractivity contribution is 0.0950. The van der Waals surface area contributed by atoms with Gasteiger partial charge in [0.2, 0.25) is 0 Å². The van der Waals surface area contributed by atoms with E-state index in [1.54, 1.807) is 23.0 Å². The van der Waals surface area contributed by atoms with E-state index in [0.717, 1.165) is 11.4 Å². The fraction of sp³-hybridized carbons (Fsp3) is 0.231. The topological polar surface area (TPSA) is 59.0 Å². The summed E-state index contributed by atoms with van der Waals surface area (Å²) in [6.07, 6.45) is 1.71. The van der Waals surface area contributed by atoms with Crippen LogP contribution in [0.4, 0.5) is 5.69 Å². The standard InChI is InChI=1S/C13H16N4O/c1-14-11-5-3-10(4-6-11)13(18)15-9-12-7-8-16-17(12)2/h3-8,14H,9H2,1-2H3,(H,15,18). The summed E-state index contributed by atoms with van der Waals surface area (Å²) in [4.78, 5) is 11.9. The number of amides is 1. The van der Waals surface area contributed by atoms with Crippen molar-refractivity contribution in [3.63, 3.8) is 0 Å². The van der Waals surface area contributed by atoms with Crippen LogP contribution in [0.15, 0.2) is 36.5 Å². The highest BCUT2D eigenvalue weighted by molar-refractivity contribution is 5.94. The lowest BCUT2D eigenvalue weighted by Crippen LogP contribution is -2.23. The first-order valence-corrected chi connectivity index (χ1v) is 5.73. The summed E-state index contributed by atoms with van der Waals surface area (Å²) in [5.74, 6) is -0.0844. The van der Waals surface area contributed by atoms with Crippen molar-refractivity contribution in [2.24, 2.45) is 7.05 Å². The van der Waals surface area contributed by atoms with Crippen molar-refractivity contribution in [3.8, 4) is 0 Å². The molecule has 18 heavy (non-hydrogen) atoms. The minimum absolute atomic E-state index is 0.0844. The van der Waals surface area contributed by atoms with Crippen molar-refractivity contribution in [2.45, 2.75) is 6.54 Å². The average Bonchev–Trinajstić information content (AvgIpc) is 2.81. The summed E-state index contributed by atoms with van der Waals surface area (Å²) in [6, 6.07) is 9.22. The predicted octanol–water partition coefficient (Wildman–Crippen LogP) is 1.39. The molecule has 1 amide bonds. The number of carbonyl (C=O) groups is 1. The fourth-order valence-corrected chi connectivity index (χ4v) is 1.64. The van der Waals surface area contributed by atoms with Gasteiger partial charge < -0.3 is 10.6 Å². The Hall–Kier alpha value is -2.30. The number of aromatic nitrogens is 2. The maximum absolute atomic E-state index is 11.9. The van der Waals surface area contributed by atoms with Crippen molar-refractivity contribution >= 4 is 11.6 Å². The molecule has 1 aromatic heterocycles. The molecule has 0 radical (unpaired) electrons. The molecule has 5 heteroatoms. The number of hydrogen-bond donors (Lipinski definition) is 2. The molecule has 5 nitrogen and oxygen atoms in total. The van der Waals surface area contributed by atoms with E-state index in [1.165, 1.54) is 0 Å². The first kappa shape index (κ1) is 12.2. The van der Waals surface area contributed by atoms with Crippen molar-refractivity contribution < 1.29 is 4.79 Å². The van der Waals surface area contributed by atoms with Gasteiger partial charge in [-0.05, 0) is 30.3 Å². The van der Waals surface area contributed by atoms with Crippen LogP contribution in [0.25, 0.3) is 0 Å². The summed E-state index contributed by atoms with van der Waals surface area (Å²) in [5.41, 5.74) is 2.60. The van der Waals surface area contributed by atoms with Gasteiger partial charge in [-0.2, -0.15) is 5.10 Å². The molecule has 2 rings (SSSR count). The van der Waals surface area contributed by atoms with Gasteiger partial charge in [-0.3, -0.25) is 9.48 Å². The van der Waals surface area contributed by atoms with Gasteiger partial charge >= 0.3 is 0 Å². The lowest BCUT2D eigenvalue weighted by Gasteiger charge is -2.06. The Bertz CT molecular complexity index is 530. The van der Waals surface area contributed by atoms with Crippen molar-refractivity contribution in [1.82, 2.24) is 15.1 Å². The van der Waals surface area contributed by atoms with Gasteiger partial charge in [0.05, 0.1) is 12.2 Å². The summed E-state index contributed by atoms with van der Waals surface area (Å²) >= 11 is 0. The van der Waals surface area contributed by atoms with Crippen molar-refractivity contribution in [1.29, 1.82) is 0 Å². The lowest BCUT2D eigenvalue weighted by atomic mass is 10.2. The van der Waals surface area contributed by atoms with E-state index < -0.39 is 0 Å². The Morgan fingerprint density at radius 2 is 2.00 bits per heavy atom. The molecule has 0 saturated carbocycles. The number of aryl methyl sites for hydroxylation is 1. The van der Waals surface area contributed by atoms with Gasteiger partial charge in [-0.1, -0.05) is 0 Å². The van der Waals surface area contributed by atoms with Crippen molar-refractivity contribution in [3.05, 3.63) is 47.8 Å². The Kier molecular flexibility index (Phi) is 3.62. The second kappa shape index (κ2) is 5.35. The SMILES string of the molecule is CNc1ccc(C(=O)NCc2ccnn2C)cc1. The molecule has 0 aliphatic carbocycles. The number of nitrogens with one attached hydrogen (secondary N) is 2. The first-order chi connectivity index (χ1) is 8.70. The van der Waals surface area contributed by atoms with Crippen LogP contribution in [0.1, 0.15) is 16.1 Å². The molecule has 0 unspecified atom stereocenters. The molecule has 2 N–H and O–H groups in total. The molecule has 1 heterocycles. The summed E-state index contributed by atoms with van der Waals surface area (Å²) in [6.45, 7) is 0.475. The third-order valence-electron chi connectivity index (χ3n) is 2.79. The van der Waals surface area contributed by atoms with Crippen LogP contribution in [0.2, 0.25) is 0 Å². The number of nitrogens with zero attached hydrogens (tertiary/aromatic N) is 2. The second-order valence-electron chi connectivity index (χ2n) is 3.96. The van der Waals surface area contributed by atoms with E-state index in [-0.39, 0.29) is 5.91 Å². The number of rotatable bonds is 4. The molecule has 1 aromatic carbocycles. The molecular formula is C13H16N4O. The summed E-state index contributed by atoms with van der Waals surface area (Å²) < 4.78 is 1.74. The first-order valence-electron chi connectivity index (χ1n) is 5.73. The largest absolute Gasteiger partial charge is 0.388 e. The average molecular weight is 244 g/mol. The van der Waals surface area contributed by atoms with E-state index >= 15 is 0 Å². The number of carbonyl (C=O) groups excluding carboxylic acids is 1. The maximum Gasteiger partial charge on any atom is 0.251 e. The second-order valence-corrected chi connectivity index (χ2v) is 3.96. The zero-order valence-corrected chi connectivity index (χ0v) is 10.5. The zero-order valence-electron chi connectivity index (χ0n) is 10.5. The quantitative estimate of drug-likeness (QED) is 0.854. The fourth-order valence-electron chi connectivity index (χ4n) is 1.64. The Labute approximate surface area is 106 Å². The minimum Gasteiger partial charge on any atom is -0.388 e. The highest BCUT2D eigenvalue weighted by atomic mass is 16.1. The third-order valence-corrected chi connectivity index (χ3v) is 2.79. The number of hydrogen-bond acceptors (Lipinski definition) is 3. The van der Waals surface area contributed by atoms with E-state index in [2.05, 4.69) is 15.7 Å². The van der Waals surface area contributed by atoms with E-state index in [4.69, 9.17) is 0 Å². The molecule has 0 aliphatic rings. The van der Waals surface area contributed by atoms with Gasteiger partial charge in [0, 0.05) is 31.5 Å². The van der Waals surface area contributed by atoms with Crippen LogP contribution in [-0.2, 0) is 13.6 Å². The Morgan fingerprint density at radius 3 is 2.56 bits per heavy atom. The highest BCUT2D eigenvalue weighted by Crippen LogP contribution is 2.08. The molecule has 2 aromatic rings. The van der Waals surface area contributed by atoms with Gasteiger partial charge in [0.15, 0.2) is 0 Å². The molecular weight excluding hydrogens is 228 g/mol. The molecule has 0 spiro atoms. The maximum atomic E-state index is 11.9. The molecule has 0 aliphatic heterocycles. The molecule has 0 saturated heterocycles. The number of benzene rings is 1. The Balaban J connectivity index is 1.97. The summed E-state index contributed by atoms with van der Waals surface area (Å²) in [5, 5.41) is 9.92. The minimum atomic E-state index is -0.0844. The van der Waals surface area contributed by atoms with Gasteiger partial charge in [-0.25, -0.2) is 0 Å². The monoisotopic (exact) mass is 244 g/mol. The highest BCUT2D eigenvalue weighted by Gasteiger charge is 2.06. The third kappa shape index (κ3) is 2.68.